The summed E-state index contributed by atoms with van der Waals surface area (Å²) in [5.74, 6) is 0. The molecule has 0 rings (SSSR count). The molecule has 0 aromatic rings. The van der Waals surface area contributed by atoms with Crippen molar-refractivity contribution < 1.29 is 62.5 Å². The summed E-state index contributed by atoms with van der Waals surface area (Å²) < 4.78 is 94.4. The highest BCUT2D eigenvalue weighted by atomic mass is 32.2. The Morgan fingerprint density at radius 3 is 0.977 bits per heavy atom. The van der Waals surface area contributed by atoms with E-state index in [1.807, 2.05) is 0 Å². The summed E-state index contributed by atoms with van der Waals surface area (Å²) in [4.78, 5) is 0. The minimum absolute atomic E-state index is 0.0541. The van der Waals surface area contributed by atoms with E-state index in [0.29, 0.717) is 57.2 Å². The van der Waals surface area contributed by atoms with E-state index in [2.05, 4.69) is 4.72 Å². The largest absolute Gasteiger partial charge is 0.500 e. The molecule has 0 amide bonds. The summed E-state index contributed by atoms with van der Waals surface area (Å²) in [7, 11) is 2.35. The molecule has 0 aromatic carbocycles. The van der Waals surface area contributed by atoms with Gasteiger partial charge in [0.2, 0.25) is 10.0 Å². The molecule has 19 heteroatoms. The van der Waals surface area contributed by atoms with Crippen molar-refractivity contribution in [2.24, 2.45) is 5.41 Å². The number of nitrogens with one attached hydrogen (secondary N) is 1. The van der Waals surface area contributed by atoms with Gasteiger partial charge in [-0.1, -0.05) is 0 Å². The lowest BCUT2D eigenvalue weighted by atomic mass is 9.91. The van der Waals surface area contributed by atoms with Crippen LogP contribution in [0.15, 0.2) is 0 Å². The first kappa shape index (κ1) is 43.1. The summed E-state index contributed by atoms with van der Waals surface area (Å²) >= 11 is 0. The van der Waals surface area contributed by atoms with E-state index >= 15 is 0 Å². The lowest BCUT2D eigenvalue weighted by Crippen LogP contribution is -2.47. The van der Waals surface area contributed by atoms with Crippen LogP contribution in [-0.4, -0.2) is 151 Å². The molecule has 0 unspecified atom stereocenters. The summed E-state index contributed by atoms with van der Waals surface area (Å²) in [6, 6.07) is 1.69. The van der Waals surface area contributed by atoms with Crippen molar-refractivity contribution in [3.8, 4) is 0 Å². The Morgan fingerprint density at radius 1 is 0.512 bits per heavy atom. The van der Waals surface area contributed by atoms with Crippen molar-refractivity contribution in [1.29, 1.82) is 0 Å². The van der Waals surface area contributed by atoms with Crippen LogP contribution in [0.2, 0.25) is 18.1 Å². The first-order valence-electron chi connectivity index (χ1n) is 14.0. The van der Waals surface area contributed by atoms with E-state index in [4.69, 9.17) is 54.0 Å². The molecule has 0 aliphatic carbocycles. The van der Waals surface area contributed by atoms with Crippen LogP contribution in [0.5, 0.6) is 0 Å². The Hall–Kier alpha value is 0.0806. The normalized spacial score (nSPS) is 13.6. The molecule has 1 N–H and O–H groups in total. The van der Waals surface area contributed by atoms with E-state index in [0.717, 1.165) is 6.26 Å². The van der Waals surface area contributed by atoms with Gasteiger partial charge in [-0.3, -0.25) is 0 Å². The van der Waals surface area contributed by atoms with Gasteiger partial charge in [-0.2, -0.15) is 0 Å². The summed E-state index contributed by atoms with van der Waals surface area (Å²) in [6.45, 7) is 1.71. The summed E-state index contributed by atoms with van der Waals surface area (Å²) in [5, 5.41) is 0. The molecule has 260 valence electrons. The number of ether oxygens (including phenoxy) is 3. The molecule has 0 fully saturated rings. The second-order valence-electron chi connectivity index (χ2n) is 9.95. The molecule has 0 aliphatic heterocycles. The molecular formula is C24H57NO14SSi3. The van der Waals surface area contributed by atoms with Gasteiger partial charge in [-0.15, -0.1) is 0 Å². The summed E-state index contributed by atoms with van der Waals surface area (Å²) in [5.41, 5.74) is -0.821. The topological polar surface area (TPSA) is 157 Å². The Morgan fingerprint density at radius 2 is 0.767 bits per heavy atom. The molecule has 0 saturated heterocycles. The minimum atomic E-state index is -3.50. The van der Waals surface area contributed by atoms with Gasteiger partial charge in [0.25, 0.3) is 0 Å². The first-order chi connectivity index (χ1) is 20.4. The second kappa shape index (κ2) is 22.6. The molecule has 0 aromatic heterocycles. The molecule has 15 nitrogen and oxygen atoms in total. The summed E-state index contributed by atoms with van der Waals surface area (Å²) in [6.07, 6.45) is 2.97. The molecular weight excluding hydrogens is 643 g/mol. The standard InChI is InChI=1S/C24H57NO14SSi3/c1-28-41(29-2,30-3)17-11-14-37-21-24(20-25-40(10,26)27,22-38-15-12-18-42(31-4,32-5)33-6)23-39-16-13-19-43(34-7,35-8)36-9/h25H,11-23H2,1-10H3. The Kier molecular flexibility index (Phi) is 22.6. The number of hydrogen-bond acceptors (Lipinski definition) is 14. The van der Waals surface area contributed by atoms with Gasteiger partial charge < -0.3 is 54.0 Å². The SMILES string of the molecule is CO[Si](CCCOCC(CNS(C)(=O)=O)(COCCC[Si](OC)(OC)OC)COCCC[Si](OC)(OC)OC)(OC)OC. The molecule has 0 aliphatic rings. The maximum atomic E-state index is 12.1. The van der Waals surface area contributed by atoms with Crippen molar-refractivity contribution in [2.45, 2.75) is 37.4 Å². The van der Waals surface area contributed by atoms with E-state index in [1.165, 1.54) is 0 Å². The highest BCUT2D eigenvalue weighted by Gasteiger charge is 2.39. The third-order valence-electron chi connectivity index (χ3n) is 7.05. The third kappa shape index (κ3) is 16.5. The van der Waals surface area contributed by atoms with Gasteiger partial charge in [0, 0.05) is 108 Å². The maximum Gasteiger partial charge on any atom is 0.500 e. The molecule has 0 spiro atoms. The fourth-order valence-corrected chi connectivity index (χ4v) is 9.91. The Balaban J connectivity index is 5.52. The lowest BCUT2D eigenvalue weighted by Gasteiger charge is -2.33. The number of rotatable bonds is 30. The number of hydrogen-bond donors (Lipinski definition) is 1. The van der Waals surface area contributed by atoms with Gasteiger partial charge >= 0.3 is 26.4 Å². The van der Waals surface area contributed by atoms with Crippen LogP contribution in [0.4, 0.5) is 0 Å². The molecule has 0 atom stereocenters. The van der Waals surface area contributed by atoms with Crippen molar-refractivity contribution in [3.05, 3.63) is 0 Å². The first-order valence-corrected chi connectivity index (χ1v) is 21.7. The molecule has 0 bridgehead atoms. The fourth-order valence-electron chi connectivity index (χ4n) is 4.27. The minimum Gasteiger partial charge on any atom is -0.381 e. The van der Waals surface area contributed by atoms with Crippen LogP contribution in [-0.2, 0) is 64.1 Å². The van der Waals surface area contributed by atoms with Gasteiger partial charge in [-0.05, 0) is 19.3 Å². The molecule has 0 heterocycles. The van der Waals surface area contributed by atoms with Crippen LogP contribution in [0.25, 0.3) is 0 Å². The molecule has 0 radical (unpaired) electrons. The van der Waals surface area contributed by atoms with Crippen molar-refractivity contribution in [1.82, 2.24) is 4.72 Å². The van der Waals surface area contributed by atoms with Crippen molar-refractivity contribution in [2.75, 3.05) is 116 Å². The smallest absolute Gasteiger partial charge is 0.381 e. The highest BCUT2D eigenvalue weighted by molar-refractivity contribution is 7.88. The maximum absolute atomic E-state index is 12.1. The van der Waals surface area contributed by atoms with Crippen LogP contribution < -0.4 is 4.72 Å². The monoisotopic (exact) mass is 699 g/mol. The average molecular weight is 700 g/mol. The fraction of sp³-hybridized carbons (Fsp3) is 1.00. The van der Waals surface area contributed by atoms with Gasteiger partial charge in [0.05, 0.1) is 31.5 Å². The predicted molar refractivity (Wildman–Crippen MR) is 166 cm³/mol. The van der Waals surface area contributed by atoms with Gasteiger partial charge in [0.15, 0.2) is 0 Å². The second-order valence-corrected chi connectivity index (χ2v) is 21.1. The zero-order valence-corrected chi connectivity index (χ0v) is 31.6. The van der Waals surface area contributed by atoms with E-state index < -0.39 is 41.9 Å². The van der Waals surface area contributed by atoms with Crippen LogP contribution >= 0.6 is 0 Å². The van der Waals surface area contributed by atoms with E-state index in [1.54, 1.807) is 64.0 Å². The van der Waals surface area contributed by atoms with Crippen molar-refractivity contribution >= 4 is 36.4 Å². The molecule has 43 heavy (non-hydrogen) atoms. The highest BCUT2D eigenvalue weighted by Crippen LogP contribution is 2.23. The van der Waals surface area contributed by atoms with Crippen LogP contribution in [0, 0.1) is 5.41 Å². The zero-order valence-electron chi connectivity index (χ0n) is 27.8. The van der Waals surface area contributed by atoms with Crippen LogP contribution in [0.3, 0.4) is 0 Å². The third-order valence-corrected chi connectivity index (χ3v) is 16.2. The Bertz CT molecular complexity index is 703. The van der Waals surface area contributed by atoms with Crippen molar-refractivity contribution in [3.63, 3.8) is 0 Å². The molecule has 0 saturated carbocycles. The zero-order chi connectivity index (χ0) is 32.9. The predicted octanol–water partition coefficient (Wildman–Crippen LogP) is 1.38. The van der Waals surface area contributed by atoms with E-state index in [-0.39, 0.29) is 26.4 Å². The quantitative estimate of drug-likeness (QED) is 0.0847. The average Bonchev–Trinajstić information content (AvgIpc) is 3.02. The Labute approximate surface area is 262 Å². The lowest BCUT2D eigenvalue weighted by molar-refractivity contribution is -0.0669. The van der Waals surface area contributed by atoms with Gasteiger partial charge in [0.1, 0.15) is 0 Å². The number of sulfonamides is 1. The van der Waals surface area contributed by atoms with Gasteiger partial charge in [-0.25, -0.2) is 13.1 Å². The van der Waals surface area contributed by atoms with Crippen LogP contribution in [0.1, 0.15) is 19.3 Å². The van der Waals surface area contributed by atoms with E-state index in [9.17, 15) is 8.42 Å².